The molecule has 1 aromatic heterocycles. The third-order valence-corrected chi connectivity index (χ3v) is 7.15. The SMILES string of the molecule is O=C(NC12CC(c3nnc(C4CC(OC(F)(F)F)C4)o3)(C1)C2)C1=NO[C@@H](c2ccccc2)C1. The van der Waals surface area contributed by atoms with Crippen LogP contribution in [0.5, 0.6) is 0 Å². The highest BCUT2D eigenvalue weighted by Crippen LogP contribution is 2.67. The van der Waals surface area contributed by atoms with Crippen molar-refractivity contribution in [3.8, 4) is 0 Å². The Hall–Kier alpha value is -2.95. The minimum absolute atomic E-state index is 0.211. The molecule has 1 aliphatic heterocycles. The number of hydrogen-bond acceptors (Lipinski definition) is 7. The second-order valence-corrected chi connectivity index (χ2v) is 9.59. The van der Waals surface area contributed by atoms with E-state index in [-0.39, 0.29) is 41.7 Å². The molecule has 4 fully saturated rings. The molecule has 0 unspecified atom stereocenters. The number of ether oxygens (including phenoxy) is 1. The van der Waals surface area contributed by atoms with Crippen molar-refractivity contribution in [2.45, 2.75) is 74.0 Å². The number of benzene rings is 1. The van der Waals surface area contributed by atoms with E-state index in [0.717, 1.165) is 5.56 Å². The summed E-state index contributed by atoms with van der Waals surface area (Å²) in [5.74, 6) is 0.425. The van der Waals surface area contributed by atoms with E-state index in [2.05, 4.69) is 25.4 Å². The van der Waals surface area contributed by atoms with Gasteiger partial charge in [-0.15, -0.1) is 23.4 Å². The first-order chi connectivity index (χ1) is 15.7. The number of aromatic nitrogens is 2. The Balaban J connectivity index is 1.00. The molecule has 4 aliphatic carbocycles. The molecule has 2 bridgehead atoms. The number of rotatable bonds is 6. The number of nitrogens with one attached hydrogen (secondary N) is 1. The van der Waals surface area contributed by atoms with Crippen LogP contribution in [0.4, 0.5) is 13.2 Å². The van der Waals surface area contributed by atoms with Crippen molar-refractivity contribution in [3.63, 3.8) is 0 Å². The highest BCUT2D eigenvalue weighted by molar-refractivity contribution is 6.39. The van der Waals surface area contributed by atoms with E-state index in [1.165, 1.54) is 0 Å². The average molecular weight is 462 g/mol. The van der Waals surface area contributed by atoms with E-state index < -0.39 is 12.5 Å². The number of alkyl halides is 3. The van der Waals surface area contributed by atoms with Crippen molar-refractivity contribution in [2.75, 3.05) is 0 Å². The normalized spacial score (nSPS) is 34.4. The lowest BCUT2D eigenvalue weighted by Gasteiger charge is -2.68. The zero-order valence-corrected chi connectivity index (χ0v) is 17.5. The molecule has 4 saturated carbocycles. The lowest BCUT2D eigenvalue weighted by atomic mass is 9.39. The van der Waals surface area contributed by atoms with Crippen LogP contribution in [-0.4, -0.2) is 39.8 Å². The predicted octanol–water partition coefficient (Wildman–Crippen LogP) is 3.66. The largest absolute Gasteiger partial charge is 0.522 e. The number of oxime groups is 1. The molecule has 1 amide bonds. The second kappa shape index (κ2) is 7.02. The average Bonchev–Trinajstić information content (AvgIpc) is 3.36. The third kappa shape index (κ3) is 3.58. The Kier molecular flexibility index (Phi) is 4.39. The molecule has 0 radical (unpaired) electrons. The van der Waals surface area contributed by atoms with Crippen molar-refractivity contribution in [3.05, 3.63) is 47.7 Å². The summed E-state index contributed by atoms with van der Waals surface area (Å²) in [6, 6.07) is 9.64. The van der Waals surface area contributed by atoms with Gasteiger partial charge in [0.25, 0.3) is 5.91 Å². The van der Waals surface area contributed by atoms with Crippen molar-refractivity contribution >= 4 is 11.6 Å². The number of halogens is 3. The standard InChI is InChI=1S/C22H21F3N4O4/c23-22(24,25)32-14-6-13(7-14)18-27-28-19(31-18)20-9-21(10-20,11-20)26-17(30)15-8-16(33-29-15)12-4-2-1-3-5-12/h1-5,13-14,16H,6-11H2,(H,26,30)/t13?,14?,16-,20?,21?/m1/s1. The predicted molar refractivity (Wildman–Crippen MR) is 106 cm³/mol. The van der Waals surface area contributed by atoms with Gasteiger partial charge in [-0.1, -0.05) is 35.5 Å². The Morgan fingerprint density at radius 2 is 1.85 bits per heavy atom. The zero-order chi connectivity index (χ0) is 22.8. The van der Waals surface area contributed by atoms with Gasteiger partial charge in [0.1, 0.15) is 5.71 Å². The molecule has 7 rings (SSSR count). The van der Waals surface area contributed by atoms with Gasteiger partial charge < -0.3 is 14.6 Å². The maximum atomic E-state index is 12.7. The van der Waals surface area contributed by atoms with Crippen LogP contribution in [0, 0.1) is 0 Å². The minimum atomic E-state index is -4.63. The molecule has 1 aromatic carbocycles. The first kappa shape index (κ1) is 20.6. The fourth-order valence-electron chi connectivity index (χ4n) is 5.48. The van der Waals surface area contributed by atoms with Gasteiger partial charge in [0.2, 0.25) is 11.8 Å². The summed E-state index contributed by atoms with van der Waals surface area (Å²) in [6.07, 6.45) is -2.83. The Morgan fingerprint density at radius 3 is 2.55 bits per heavy atom. The summed E-state index contributed by atoms with van der Waals surface area (Å²) in [4.78, 5) is 18.1. The third-order valence-electron chi connectivity index (χ3n) is 7.15. The maximum Gasteiger partial charge on any atom is 0.522 e. The van der Waals surface area contributed by atoms with E-state index in [9.17, 15) is 18.0 Å². The van der Waals surface area contributed by atoms with E-state index in [1.807, 2.05) is 30.3 Å². The Bertz CT molecular complexity index is 1090. The van der Waals surface area contributed by atoms with Crippen molar-refractivity contribution < 1.29 is 32.0 Å². The highest BCUT2D eigenvalue weighted by atomic mass is 19.4. The summed E-state index contributed by atoms with van der Waals surface area (Å²) < 4.78 is 46.7. The molecule has 1 atom stereocenters. The molecule has 33 heavy (non-hydrogen) atoms. The lowest BCUT2D eigenvalue weighted by molar-refractivity contribution is -0.352. The summed E-state index contributed by atoms with van der Waals surface area (Å²) in [5.41, 5.74) is 0.790. The summed E-state index contributed by atoms with van der Waals surface area (Å²) in [5, 5.41) is 15.3. The van der Waals surface area contributed by atoms with Crippen LogP contribution >= 0.6 is 0 Å². The van der Waals surface area contributed by atoms with E-state index in [4.69, 9.17) is 9.25 Å². The topological polar surface area (TPSA) is 98.8 Å². The summed E-state index contributed by atoms with van der Waals surface area (Å²) >= 11 is 0. The number of carbonyl (C=O) groups is 1. The van der Waals surface area contributed by atoms with Crippen LogP contribution in [0.25, 0.3) is 0 Å². The van der Waals surface area contributed by atoms with Crippen LogP contribution in [0.2, 0.25) is 0 Å². The molecule has 174 valence electrons. The molecular formula is C22H21F3N4O4. The number of hydrogen-bond donors (Lipinski definition) is 1. The van der Waals surface area contributed by atoms with Gasteiger partial charge in [-0.2, -0.15) is 0 Å². The molecule has 5 aliphatic rings. The second-order valence-electron chi connectivity index (χ2n) is 9.59. The number of nitrogens with zero attached hydrogens (tertiary/aromatic N) is 3. The molecular weight excluding hydrogens is 441 g/mol. The molecule has 11 heteroatoms. The molecule has 1 N–H and O–H groups in total. The van der Waals surface area contributed by atoms with Gasteiger partial charge in [0.15, 0.2) is 6.10 Å². The Labute approximate surface area is 186 Å². The van der Waals surface area contributed by atoms with Gasteiger partial charge >= 0.3 is 6.36 Å². The zero-order valence-electron chi connectivity index (χ0n) is 17.5. The van der Waals surface area contributed by atoms with Gasteiger partial charge in [0, 0.05) is 17.9 Å². The van der Waals surface area contributed by atoms with Crippen LogP contribution in [0.1, 0.15) is 67.9 Å². The smallest absolute Gasteiger partial charge is 0.424 e. The molecule has 0 spiro atoms. The minimum Gasteiger partial charge on any atom is -0.424 e. The Morgan fingerprint density at radius 1 is 1.12 bits per heavy atom. The van der Waals surface area contributed by atoms with Gasteiger partial charge in [-0.25, -0.2) is 0 Å². The summed E-state index contributed by atoms with van der Waals surface area (Å²) in [6.45, 7) is 0. The van der Waals surface area contributed by atoms with Crippen LogP contribution in [0.3, 0.4) is 0 Å². The first-order valence-corrected chi connectivity index (χ1v) is 10.9. The van der Waals surface area contributed by atoms with E-state index >= 15 is 0 Å². The molecule has 2 aromatic rings. The van der Waals surface area contributed by atoms with Crippen LogP contribution in [0.15, 0.2) is 39.9 Å². The highest BCUT2D eigenvalue weighted by Gasteiger charge is 2.72. The van der Waals surface area contributed by atoms with Crippen molar-refractivity contribution in [1.29, 1.82) is 0 Å². The number of amides is 1. The monoisotopic (exact) mass is 462 g/mol. The van der Waals surface area contributed by atoms with Gasteiger partial charge in [-0.05, 0) is 37.7 Å². The molecule has 0 saturated heterocycles. The van der Waals surface area contributed by atoms with Crippen molar-refractivity contribution in [2.24, 2.45) is 5.16 Å². The fourth-order valence-corrected chi connectivity index (χ4v) is 5.48. The van der Waals surface area contributed by atoms with Crippen molar-refractivity contribution in [1.82, 2.24) is 15.5 Å². The fraction of sp³-hybridized carbons (Fsp3) is 0.545. The molecule has 2 heterocycles. The maximum absolute atomic E-state index is 12.7. The van der Waals surface area contributed by atoms with E-state index in [1.54, 1.807) is 0 Å². The van der Waals surface area contributed by atoms with Crippen LogP contribution in [-0.2, 0) is 19.8 Å². The lowest BCUT2D eigenvalue weighted by Crippen LogP contribution is -2.77. The quantitative estimate of drug-likeness (QED) is 0.704. The van der Waals surface area contributed by atoms with E-state index in [0.29, 0.717) is 43.2 Å². The first-order valence-electron chi connectivity index (χ1n) is 10.9. The molecule has 8 nitrogen and oxygen atoms in total. The van der Waals surface area contributed by atoms with Gasteiger partial charge in [-0.3, -0.25) is 9.53 Å². The summed E-state index contributed by atoms with van der Waals surface area (Å²) in [7, 11) is 0. The number of carbonyl (C=O) groups excluding carboxylic acids is 1. The van der Waals surface area contributed by atoms with Gasteiger partial charge in [0.05, 0.1) is 11.5 Å². The van der Waals surface area contributed by atoms with Crippen LogP contribution < -0.4 is 5.32 Å².